The summed E-state index contributed by atoms with van der Waals surface area (Å²) in [6.45, 7) is -0.0311. The van der Waals surface area contributed by atoms with Gasteiger partial charge in [-0.2, -0.15) is 0 Å². The number of rotatable bonds is 6. The van der Waals surface area contributed by atoms with Crippen LogP contribution >= 0.6 is 11.6 Å². The number of carbonyl (C=O) groups excluding carboxylic acids is 1. The highest BCUT2D eigenvalue weighted by Gasteiger charge is 2.15. The van der Waals surface area contributed by atoms with E-state index in [1.165, 1.54) is 18.7 Å². The maximum absolute atomic E-state index is 13.5. The summed E-state index contributed by atoms with van der Waals surface area (Å²) >= 11 is 6.33. The molecular formula is C22H17ClF2N6O2. The smallest absolute Gasteiger partial charge is 0.266 e. The summed E-state index contributed by atoms with van der Waals surface area (Å²) in [5.74, 6) is -2.06. The van der Waals surface area contributed by atoms with Crippen molar-refractivity contribution in [2.45, 2.75) is 13.1 Å². The molecule has 0 saturated carbocycles. The van der Waals surface area contributed by atoms with Gasteiger partial charge in [-0.25, -0.2) is 23.7 Å². The van der Waals surface area contributed by atoms with Gasteiger partial charge in [-0.05, 0) is 35.4 Å². The van der Waals surface area contributed by atoms with Crippen molar-refractivity contribution in [1.29, 1.82) is 0 Å². The first-order valence-electron chi connectivity index (χ1n) is 9.75. The summed E-state index contributed by atoms with van der Waals surface area (Å²) in [7, 11) is 1.73. The Morgan fingerprint density at radius 2 is 1.97 bits per heavy atom. The highest BCUT2D eigenvalue weighted by atomic mass is 35.5. The van der Waals surface area contributed by atoms with Crippen molar-refractivity contribution in [2.24, 2.45) is 0 Å². The molecule has 0 spiro atoms. The van der Waals surface area contributed by atoms with Crippen LogP contribution in [0.1, 0.15) is 21.5 Å². The Morgan fingerprint density at radius 3 is 2.73 bits per heavy atom. The topological polar surface area (TPSA) is 102 Å². The van der Waals surface area contributed by atoms with Crippen LogP contribution in [0.15, 0.2) is 54.0 Å². The molecule has 1 amide bonds. The molecule has 2 N–H and O–H groups in total. The Hall–Kier alpha value is -3.92. The summed E-state index contributed by atoms with van der Waals surface area (Å²) in [6.07, 6.45) is 3.79. The van der Waals surface area contributed by atoms with E-state index < -0.39 is 23.1 Å². The van der Waals surface area contributed by atoms with Crippen molar-refractivity contribution in [3.05, 3.63) is 92.9 Å². The Labute approximate surface area is 191 Å². The molecule has 4 aromatic rings. The molecule has 0 aliphatic carbocycles. The summed E-state index contributed by atoms with van der Waals surface area (Å²) in [5.41, 5.74) is 0.774. The molecule has 168 valence electrons. The van der Waals surface area contributed by atoms with E-state index in [1.54, 1.807) is 19.2 Å². The molecule has 2 aromatic carbocycles. The van der Waals surface area contributed by atoms with E-state index in [1.807, 2.05) is 0 Å². The third-order valence-electron chi connectivity index (χ3n) is 4.96. The fourth-order valence-corrected chi connectivity index (χ4v) is 3.51. The summed E-state index contributed by atoms with van der Waals surface area (Å²) in [6, 6.07) is 6.73. The fraction of sp³-hybridized carbons (Fsp3) is 0.136. The van der Waals surface area contributed by atoms with E-state index in [0.717, 1.165) is 28.3 Å². The standard InChI is InChI=1S/C22H17ClF2N6O2/c1-26-20-14-5-13(16(23)6-19(14)29-10-30-20)7-28-21(32)15-8-27-11-31(22(15)33)9-12-2-3-17(24)18(25)4-12/h2-6,8,10-11H,7,9H2,1H3,(H,28,32)(H,26,29,30). The molecule has 8 nitrogen and oxygen atoms in total. The average molecular weight is 471 g/mol. The predicted octanol–water partition coefficient (Wildman–Crippen LogP) is 3.14. The van der Waals surface area contributed by atoms with E-state index in [0.29, 0.717) is 27.5 Å². The lowest BCUT2D eigenvalue weighted by Gasteiger charge is -2.11. The van der Waals surface area contributed by atoms with Gasteiger partial charge in [-0.15, -0.1) is 0 Å². The molecule has 2 aromatic heterocycles. The molecule has 0 atom stereocenters. The number of hydrogen-bond donors (Lipinski definition) is 2. The van der Waals surface area contributed by atoms with E-state index in [4.69, 9.17) is 11.6 Å². The highest BCUT2D eigenvalue weighted by molar-refractivity contribution is 6.32. The van der Waals surface area contributed by atoms with Gasteiger partial charge in [-0.3, -0.25) is 14.2 Å². The highest BCUT2D eigenvalue weighted by Crippen LogP contribution is 2.26. The fourth-order valence-electron chi connectivity index (χ4n) is 3.28. The SMILES string of the molecule is CNc1ncnc2cc(Cl)c(CNC(=O)c3cncn(Cc4ccc(F)c(F)c4)c3=O)cc12. The van der Waals surface area contributed by atoms with Crippen LogP contribution in [-0.2, 0) is 13.1 Å². The molecule has 0 unspecified atom stereocenters. The van der Waals surface area contributed by atoms with Gasteiger partial charge < -0.3 is 10.6 Å². The van der Waals surface area contributed by atoms with E-state index in [2.05, 4.69) is 25.6 Å². The zero-order valence-corrected chi connectivity index (χ0v) is 18.0. The zero-order valence-electron chi connectivity index (χ0n) is 17.3. The minimum atomic E-state index is -1.03. The number of fused-ring (bicyclic) bond motifs is 1. The van der Waals surface area contributed by atoms with Crippen molar-refractivity contribution < 1.29 is 13.6 Å². The normalized spacial score (nSPS) is 10.9. The number of nitrogens with one attached hydrogen (secondary N) is 2. The van der Waals surface area contributed by atoms with Gasteiger partial charge in [0.2, 0.25) is 0 Å². The van der Waals surface area contributed by atoms with Crippen LogP contribution in [-0.4, -0.2) is 32.5 Å². The first kappa shape index (κ1) is 22.3. The van der Waals surface area contributed by atoms with Gasteiger partial charge in [-0.1, -0.05) is 17.7 Å². The number of nitrogens with zero attached hydrogens (tertiary/aromatic N) is 4. The van der Waals surface area contributed by atoms with Gasteiger partial charge in [0.15, 0.2) is 11.6 Å². The van der Waals surface area contributed by atoms with Crippen LogP contribution in [0.2, 0.25) is 5.02 Å². The lowest BCUT2D eigenvalue weighted by atomic mass is 10.1. The number of aromatic nitrogens is 4. The van der Waals surface area contributed by atoms with Crippen LogP contribution in [0.3, 0.4) is 0 Å². The van der Waals surface area contributed by atoms with Crippen molar-refractivity contribution in [3.63, 3.8) is 0 Å². The predicted molar refractivity (Wildman–Crippen MR) is 119 cm³/mol. The number of hydrogen-bond acceptors (Lipinski definition) is 6. The molecule has 33 heavy (non-hydrogen) atoms. The zero-order chi connectivity index (χ0) is 23.5. The number of amides is 1. The number of halogens is 3. The minimum Gasteiger partial charge on any atom is -0.373 e. The number of anilines is 1. The van der Waals surface area contributed by atoms with Crippen molar-refractivity contribution in [3.8, 4) is 0 Å². The quantitative estimate of drug-likeness (QED) is 0.449. The van der Waals surface area contributed by atoms with E-state index in [-0.39, 0.29) is 18.7 Å². The molecule has 0 radical (unpaired) electrons. The largest absolute Gasteiger partial charge is 0.373 e. The Bertz CT molecular complexity index is 1430. The van der Waals surface area contributed by atoms with E-state index >= 15 is 0 Å². The molecule has 11 heteroatoms. The van der Waals surface area contributed by atoms with Crippen LogP contribution in [0, 0.1) is 11.6 Å². The lowest BCUT2D eigenvalue weighted by Crippen LogP contribution is -2.33. The van der Waals surface area contributed by atoms with Gasteiger partial charge in [0, 0.05) is 30.2 Å². The molecule has 4 rings (SSSR count). The van der Waals surface area contributed by atoms with Crippen LogP contribution in [0.25, 0.3) is 10.9 Å². The van der Waals surface area contributed by atoms with E-state index in [9.17, 15) is 18.4 Å². The molecule has 0 aliphatic rings. The Balaban J connectivity index is 1.54. The Kier molecular flexibility index (Phi) is 6.27. The van der Waals surface area contributed by atoms with Crippen LogP contribution in [0.5, 0.6) is 0 Å². The number of carbonyl (C=O) groups is 1. The first-order chi connectivity index (χ1) is 15.9. The lowest BCUT2D eigenvalue weighted by molar-refractivity contribution is 0.0948. The van der Waals surface area contributed by atoms with Crippen LogP contribution in [0.4, 0.5) is 14.6 Å². The molecular weight excluding hydrogens is 454 g/mol. The van der Waals surface area contributed by atoms with Gasteiger partial charge >= 0.3 is 0 Å². The molecule has 0 saturated heterocycles. The molecule has 0 fully saturated rings. The maximum atomic E-state index is 13.5. The third-order valence-corrected chi connectivity index (χ3v) is 5.31. The van der Waals surface area contributed by atoms with Gasteiger partial charge in [0.25, 0.3) is 11.5 Å². The van der Waals surface area contributed by atoms with Crippen molar-refractivity contribution >= 4 is 34.2 Å². The summed E-state index contributed by atoms with van der Waals surface area (Å²) < 4.78 is 27.7. The minimum absolute atomic E-state index is 0.0448. The van der Waals surface area contributed by atoms with Gasteiger partial charge in [0.1, 0.15) is 17.7 Å². The molecule has 2 heterocycles. The monoisotopic (exact) mass is 470 g/mol. The maximum Gasteiger partial charge on any atom is 0.266 e. The summed E-state index contributed by atoms with van der Waals surface area (Å²) in [5, 5.41) is 6.75. The second-order valence-corrected chi connectivity index (χ2v) is 7.51. The van der Waals surface area contributed by atoms with Crippen molar-refractivity contribution in [2.75, 3.05) is 12.4 Å². The summed E-state index contributed by atoms with van der Waals surface area (Å²) in [4.78, 5) is 37.7. The molecule has 0 aliphatic heterocycles. The second kappa shape index (κ2) is 9.29. The van der Waals surface area contributed by atoms with Gasteiger partial charge in [0.05, 0.1) is 18.4 Å². The molecule has 0 bridgehead atoms. The first-order valence-corrected chi connectivity index (χ1v) is 10.1. The van der Waals surface area contributed by atoms with Crippen molar-refractivity contribution in [1.82, 2.24) is 24.8 Å². The average Bonchev–Trinajstić information content (AvgIpc) is 2.80. The van der Waals surface area contributed by atoms with Crippen LogP contribution < -0.4 is 16.2 Å². The number of benzene rings is 2. The second-order valence-electron chi connectivity index (χ2n) is 7.10. The third kappa shape index (κ3) is 4.65. The Morgan fingerprint density at radius 1 is 1.15 bits per heavy atom.